The van der Waals surface area contributed by atoms with Gasteiger partial charge in [0.05, 0.1) is 13.2 Å². The number of H-pyrrole nitrogens is 1. The molecule has 1 aliphatic carbocycles. The van der Waals surface area contributed by atoms with Crippen LogP contribution in [-0.2, 0) is 11.3 Å². The van der Waals surface area contributed by atoms with Gasteiger partial charge in [-0.25, -0.2) is 0 Å². The molecule has 1 saturated carbocycles. The largest absolute Gasteiger partial charge is 0.497 e. The van der Waals surface area contributed by atoms with Gasteiger partial charge in [0.1, 0.15) is 23.7 Å². The number of piperazine rings is 1. The minimum Gasteiger partial charge on any atom is -0.497 e. The van der Waals surface area contributed by atoms with Crippen LogP contribution in [0.2, 0.25) is 0 Å². The molecule has 39 heavy (non-hydrogen) atoms. The smallest absolute Gasteiger partial charge is 0.387 e. The van der Waals surface area contributed by atoms with Crippen molar-refractivity contribution in [2.45, 2.75) is 44.5 Å². The fourth-order valence-corrected chi connectivity index (χ4v) is 6.46. The summed E-state index contributed by atoms with van der Waals surface area (Å²) >= 11 is 0. The summed E-state index contributed by atoms with van der Waals surface area (Å²) in [7, 11) is 1.60. The number of nitrogens with zero attached hydrogens (tertiary/aromatic N) is 3. The van der Waals surface area contributed by atoms with Crippen molar-refractivity contribution >= 4 is 22.7 Å². The first kappa shape index (κ1) is 25.6. The number of alkyl halides is 2. The minimum atomic E-state index is -2.92. The van der Waals surface area contributed by atoms with E-state index < -0.39 is 6.61 Å². The second kappa shape index (κ2) is 10.5. The van der Waals surface area contributed by atoms with E-state index in [0.29, 0.717) is 42.1 Å². The molecule has 1 aromatic heterocycles. The maximum absolute atomic E-state index is 13.6. The number of rotatable bonds is 8. The van der Waals surface area contributed by atoms with Crippen molar-refractivity contribution < 1.29 is 27.8 Å². The number of carbonyl (C=O) groups excluding carboxylic acids is 2. The number of hydrogen-bond donors (Lipinski definition) is 1. The number of halogens is 2. The van der Waals surface area contributed by atoms with Crippen molar-refractivity contribution in [1.29, 1.82) is 0 Å². The van der Waals surface area contributed by atoms with E-state index in [1.807, 2.05) is 18.2 Å². The number of ether oxygens (including phenoxy) is 2. The van der Waals surface area contributed by atoms with Crippen LogP contribution in [0.4, 0.5) is 8.78 Å². The Bertz CT molecular complexity index is 1380. The SMILES string of the molecule is COc1ccc2[nH]c(C(=O)N3CC(=O)N(Cc4cccc(OC(F)F)c4)[C@@H](CN4CC5CCC4C5)C3)cc2c1. The van der Waals surface area contributed by atoms with E-state index in [1.165, 1.54) is 25.3 Å². The Balaban J connectivity index is 1.23. The predicted molar refractivity (Wildman–Crippen MR) is 141 cm³/mol. The minimum absolute atomic E-state index is 0.0483. The van der Waals surface area contributed by atoms with E-state index in [4.69, 9.17) is 4.74 Å². The number of fused-ring (bicyclic) bond motifs is 3. The molecule has 3 fully saturated rings. The van der Waals surface area contributed by atoms with Crippen molar-refractivity contribution in [2.24, 2.45) is 5.92 Å². The number of hydrogen-bond acceptors (Lipinski definition) is 5. The molecule has 1 N–H and O–H groups in total. The summed E-state index contributed by atoms with van der Waals surface area (Å²) < 4.78 is 35.4. The third kappa shape index (κ3) is 5.30. The van der Waals surface area contributed by atoms with Crippen LogP contribution in [0.25, 0.3) is 10.9 Å². The van der Waals surface area contributed by atoms with Crippen LogP contribution in [0.5, 0.6) is 11.5 Å². The lowest BCUT2D eigenvalue weighted by molar-refractivity contribution is -0.140. The summed E-state index contributed by atoms with van der Waals surface area (Å²) in [6.45, 7) is -0.620. The third-order valence-electron chi connectivity index (χ3n) is 8.31. The topological polar surface area (TPSA) is 78.1 Å². The van der Waals surface area contributed by atoms with Crippen LogP contribution < -0.4 is 9.47 Å². The average molecular weight is 539 g/mol. The summed E-state index contributed by atoms with van der Waals surface area (Å²) in [6.07, 6.45) is 3.61. The van der Waals surface area contributed by atoms with Crippen molar-refractivity contribution in [1.82, 2.24) is 19.7 Å². The Labute approximate surface area is 225 Å². The van der Waals surface area contributed by atoms with Gasteiger partial charge in [0.25, 0.3) is 5.91 Å². The fourth-order valence-electron chi connectivity index (χ4n) is 6.46. The van der Waals surface area contributed by atoms with Crippen LogP contribution in [0.15, 0.2) is 48.5 Å². The Morgan fingerprint density at radius 3 is 2.72 bits per heavy atom. The molecule has 2 bridgehead atoms. The molecule has 2 unspecified atom stereocenters. The number of likely N-dealkylation sites (tertiary alicyclic amines) is 1. The van der Waals surface area contributed by atoms with Crippen LogP contribution in [-0.4, -0.2) is 83.5 Å². The zero-order valence-electron chi connectivity index (χ0n) is 21.8. The molecular formula is C29H32F2N4O4. The number of amides is 2. The van der Waals surface area contributed by atoms with Crippen LogP contribution >= 0.6 is 0 Å². The summed E-state index contributed by atoms with van der Waals surface area (Å²) in [6, 6.07) is 14.1. The van der Waals surface area contributed by atoms with Gasteiger partial charge < -0.3 is 24.3 Å². The summed E-state index contributed by atoms with van der Waals surface area (Å²) in [5.41, 5.74) is 1.95. The van der Waals surface area contributed by atoms with E-state index >= 15 is 0 Å². The van der Waals surface area contributed by atoms with Crippen LogP contribution in [0.1, 0.15) is 35.3 Å². The van der Waals surface area contributed by atoms with Crippen molar-refractivity contribution in [3.8, 4) is 11.5 Å². The van der Waals surface area contributed by atoms with Gasteiger partial charge >= 0.3 is 6.61 Å². The normalized spacial score (nSPS) is 23.3. The van der Waals surface area contributed by atoms with Gasteiger partial charge in [-0.1, -0.05) is 12.1 Å². The molecule has 3 aromatic rings. The fraction of sp³-hybridized carbons (Fsp3) is 0.448. The molecule has 206 valence electrons. The van der Waals surface area contributed by atoms with Gasteiger partial charge in [0.2, 0.25) is 5.91 Å². The average Bonchev–Trinajstić information content (AvgIpc) is 3.65. The highest BCUT2D eigenvalue weighted by Gasteiger charge is 2.42. The molecular weight excluding hydrogens is 506 g/mol. The van der Waals surface area contributed by atoms with E-state index in [1.54, 1.807) is 41.2 Å². The van der Waals surface area contributed by atoms with Crippen LogP contribution in [0, 0.1) is 5.92 Å². The standard InChI is InChI=1S/C29H32F2N4O4/c1-38-23-7-8-25-20(11-23)12-26(32-25)28(37)34-16-22(15-33-13-19-5-6-21(33)9-19)35(27(36)17-34)14-18-3-2-4-24(10-18)39-29(30)31/h2-4,7-8,10-12,19,21-22,29,32H,5-6,9,13-17H2,1H3/t19?,21?,22-/m0/s1. The molecule has 3 aliphatic rings. The summed E-state index contributed by atoms with van der Waals surface area (Å²) in [4.78, 5) is 36.2. The van der Waals surface area contributed by atoms with Crippen molar-refractivity contribution in [3.05, 3.63) is 59.8 Å². The van der Waals surface area contributed by atoms with Crippen molar-refractivity contribution in [2.75, 3.05) is 33.3 Å². The molecule has 10 heteroatoms. The molecule has 0 radical (unpaired) electrons. The van der Waals surface area contributed by atoms with Gasteiger partial charge in [0, 0.05) is 43.1 Å². The monoisotopic (exact) mass is 538 g/mol. The molecule has 0 spiro atoms. The second-order valence-corrected chi connectivity index (χ2v) is 10.8. The first-order chi connectivity index (χ1) is 18.9. The number of aromatic amines is 1. The van der Waals surface area contributed by atoms with Crippen molar-refractivity contribution in [3.63, 3.8) is 0 Å². The van der Waals surface area contributed by atoms with Gasteiger partial charge in [0.15, 0.2) is 0 Å². The Hall–Kier alpha value is -3.66. The van der Waals surface area contributed by atoms with E-state index in [2.05, 4.69) is 14.6 Å². The maximum Gasteiger partial charge on any atom is 0.387 e. The number of carbonyl (C=O) groups is 2. The maximum atomic E-state index is 13.6. The highest BCUT2D eigenvalue weighted by molar-refractivity contribution is 6.00. The zero-order valence-corrected chi connectivity index (χ0v) is 21.8. The lowest BCUT2D eigenvalue weighted by atomic mass is 10.1. The molecule has 8 nitrogen and oxygen atoms in total. The molecule has 2 aliphatic heterocycles. The molecule has 3 atom stereocenters. The number of nitrogens with one attached hydrogen (secondary N) is 1. The summed E-state index contributed by atoms with van der Waals surface area (Å²) in [5, 5.41) is 0.859. The lowest BCUT2D eigenvalue weighted by Gasteiger charge is -2.43. The second-order valence-electron chi connectivity index (χ2n) is 10.8. The van der Waals surface area contributed by atoms with E-state index in [-0.39, 0.29) is 36.7 Å². The molecule has 2 saturated heterocycles. The number of aromatic nitrogens is 1. The predicted octanol–water partition coefficient (Wildman–Crippen LogP) is 4.12. The Morgan fingerprint density at radius 2 is 1.97 bits per heavy atom. The van der Waals surface area contributed by atoms with E-state index in [0.717, 1.165) is 17.4 Å². The Morgan fingerprint density at radius 1 is 1.10 bits per heavy atom. The number of benzene rings is 2. The third-order valence-corrected chi connectivity index (χ3v) is 8.31. The van der Waals surface area contributed by atoms with E-state index in [9.17, 15) is 18.4 Å². The zero-order chi connectivity index (χ0) is 27.1. The molecule has 2 amide bonds. The summed E-state index contributed by atoms with van der Waals surface area (Å²) in [5.74, 6) is 1.08. The number of methoxy groups -OCH3 is 1. The van der Waals surface area contributed by atoms with Crippen LogP contribution in [0.3, 0.4) is 0 Å². The highest BCUT2D eigenvalue weighted by Crippen LogP contribution is 2.38. The van der Waals surface area contributed by atoms with Gasteiger partial charge in [-0.05, 0) is 67.1 Å². The quantitative estimate of drug-likeness (QED) is 0.467. The molecule has 6 rings (SSSR count). The lowest BCUT2D eigenvalue weighted by Crippen LogP contribution is -2.61. The Kier molecular flexibility index (Phi) is 6.88. The van der Waals surface area contributed by atoms with Gasteiger partial charge in [-0.3, -0.25) is 14.5 Å². The van der Waals surface area contributed by atoms with Gasteiger partial charge in [-0.2, -0.15) is 8.78 Å². The molecule has 2 aromatic carbocycles. The van der Waals surface area contributed by atoms with Gasteiger partial charge in [-0.15, -0.1) is 0 Å². The first-order valence-corrected chi connectivity index (χ1v) is 13.4. The highest BCUT2D eigenvalue weighted by atomic mass is 19.3. The number of piperidine rings is 1. The first-order valence-electron chi connectivity index (χ1n) is 13.4. The molecule has 3 heterocycles.